The molecule has 1 aliphatic rings. The minimum absolute atomic E-state index is 0.0307. The summed E-state index contributed by atoms with van der Waals surface area (Å²) < 4.78 is 11.0. The van der Waals surface area contributed by atoms with Crippen LogP contribution < -0.4 is 14.8 Å². The number of benzene rings is 2. The highest BCUT2D eigenvalue weighted by Gasteiger charge is 2.27. The molecule has 1 heterocycles. The zero-order valence-electron chi connectivity index (χ0n) is 15.9. The summed E-state index contributed by atoms with van der Waals surface area (Å²) in [5.41, 5.74) is 5.80. The molecule has 5 nitrogen and oxygen atoms in total. The van der Waals surface area contributed by atoms with E-state index >= 15 is 0 Å². The summed E-state index contributed by atoms with van der Waals surface area (Å²) in [4.78, 5) is 15.8. The molecule has 0 radical (unpaired) electrons. The number of carbonyl (C=O) groups is 1. The monoisotopic (exact) mass is 364 g/mol. The second kappa shape index (κ2) is 6.99. The van der Waals surface area contributed by atoms with Gasteiger partial charge in [-0.05, 0) is 55.7 Å². The Balaban J connectivity index is 1.38. The largest absolute Gasteiger partial charge is 0.497 e. The van der Waals surface area contributed by atoms with E-state index in [1.807, 2.05) is 38.1 Å². The van der Waals surface area contributed by atoms with E-state index in [1.54, 1.807) is 7.11 Å². The lowest BCUT2D eigenvalue weighted by molar-refractivity contribution is -0.123. The third-order valence-electron chi connectivity index (χ3n) is 5.16. The molecular formula is C22H24N2O3. The molecule has 140 valence electrons. The van der Waals surface area contributed by atoms with Crippen LogP contribution in [0, 0.1) is 13.8 Å². The van der Waals surface area contributed by atoms with Gasteiger partial charge in [0.15, 0.2) is 6.61 Å². The number of methoxy groups -OCH3 is 1. The van der Waals surface area contributed by atoms with Gasteiger partial charge in [0, 0.05) is 29.1 Å². The number of ether oxygens (including phenoxy) is 2. The summed E-state index contributed by atoms with van der Waals surface area (Å²) in [5.74, 6) is 1.51. The van der Waals surface area contributed by atoms with Crippen molar-refractivity contribution in [2.75, 3.05) is 13.7 Å². The van der Waals surface area contributed by atoms with Gasteiger partial charge in [-0.2, -0.15) is 0 Å². The Bertz CT molecular complexity index is 1010. The first-order chi connectivity index (χ1) is 13.0. The van der Waals surface area contributed by atoms with Crippen molar-refractivity contribution in [3.63, 3.8) is 0 Å². The van der Waals surface area contributed by atoms with E-state index in [9.17, 15) is 4.79 Å². The first-order valence-corrected chi connectivity index (χ1v) is 9.20. The Morgan fingerprint density at radius 3 is 2.81 bits per heavy atom. The molecule has 1 aromatic heterocycles. The van der Waals surface area contributed by atoms with Crippen molar-refractivity contribution >= 4 is 16.8 Å². The van der Waals surface area contributed by atoms with Gasteiger partial charge in [0.25, 0.3) is 5.91 Å². The number of fused-ring (bicyclic) bond motifs is 3. The Morgan fingerprint density at radius 2 is 2.04 bits per heavy atom. The molecule has 0 saturated carbocycles. The molecule has 3 aromatic rings. The fourth-order valence-corrected chi connectivity index (χ4v) is 3.86. The highest BCUT2D eigenvalue weighted by molar-refractivity contribution is 5.87. The van der Waals surface area contributed by atoms with Crippen LogP contribution in [0.15, 0.2) is 36.4 Å². The van der Waals surface area contributed by atoms with Gasteiger partial charge in [-0.1, -0.05) is 17.7 Å². The highest BCUT2D eigenvalue weighted by atomic mass is 16.5. The summed E-state index contributed by atoms with van der Waals surface area (Å²) in [7, 11) is 1.67. The number of hydrogen-bond acceptors (Lipinski definition) is 3. The molecule has 1 unspecified atom stereocenters. The predicted molar refractivity (Wildman–Crippen MR) is 106 cm³/mol. The lowest BCUT2D eigenvalue weighted by Crippen LogP contribution is -2.38. The zero-order valence-corrected chi connectivity index (χ0v) is 15.9. The van der Waals surface area contributed by atoms with E-state index < -0.39 is 0 Å². The highest BCUT2D eigenvalue weighted by Crippen LogP contribution is 2.32. The Kier molecular flexibility index (Phi) is 4.52. The number of hydrogen-bond donors (Lipinski definition) is 2. The van der Waals surface area contributed by atoms with Crippen molar-refractivity contribution in [3.8, 4) is 11.5 Å². The number of aryl methyl sites for hydroxylation is 2. The van der Waals surface area contributed by atoms with Crippen molar-refractivity contribution in [3.05, 3.63) is 58.8 Å². The van der Waals surface area contributed by atoms with Crippen LogP contribution in [0.25, 0.3) is 10.9 Å². The van der Waals surface area contributed by atoms with Crippen molar-refractivity contribution in [2.45, 2.75) is 32.7 Å². The Labute approximate surface area is 158 Å². The molecule has 0 bridgehead atoms. The second-order valence-electron chi connectivity index (χ2n) is 7.22. The number of nitrogens with one attached hydrogen (secondary N) is 2. The number of carbonyl (C=O) groups excluding carboxylic acids is 1. The molecule has 1 atom stereocenters. The third kappa shape index (κ3) is 3.50. The minimum atomic E-state index is -0.0907. The smallest absolute Gasteiger partial charge is 0.258 e. The van der Waals surface area contributed by atoms with E-state index in [1.165, 1.54) is 22.2 Å². The second-order valence-corrected chi connectivity index (χ2v) is 7.22. The van der Waals surface area contributed by atoms with Gasteiger partial charge in [-0.25, -0.2) is 0 Å². The molecule has 0 saturated heterocycles. The molecule has 0 spiro atoms. The van der Waals surface area contributed by atoms with Gasteiger partial charge in [-0.15, -0.1) is 0 Å². The number of aromatic amines is 1. The quantitative estimate of drug-likeness (QED) is 0.729. The maximum atomic E-state index is 12.3. The van der Waals surface area contributed by atoms with Crippen LogP contribution in [0.3, 0.4) is 0 Å². The van der Waals surface area contributed by atoms with Crippen molar-refractivity contribution in [2.24, 2.45) is 0 Å². The zero-order chi connectivity index (χ0) is 19.0. The van der Waals surface area contributed by atoms with Crippen LogP contribution in [-0.2, 0) is 17.6 Å². The van der Waals surface area contributed by atoms with Gasteiger partial charge < -0.3 is 19.8 Å². The molecule has 4 rings (SSSR count). The lowest BCUT2D eigenvalue weighted by Gasteiger charge is -2.14. The topological polar surface area (TPSA) is 63.3 Å². The average Bonchev–Trinajstić information content (AvgIpc) is 3.17. The predicted octanol–water partition coefficient (Wildman–Crippen LogP) is 3.46. The van der Waals surface area contributed by atoms with Gasteiger partial charge >= 0.3 is 0 Å². The summed E-state index contributed by atoms with van der Waals surface area (Å²) in [6.07, 6.45) is 1.62. The van der Waals surface area contributed by atoms with Crippen LogP contribution in [0.1, 0.15) is 22.4 Å². The normalized spacial score (nSPS) is 15.6. The number of H-pyrrole nitrogens is 1. The fraction of sp³-hybridized carbons (Fsp3) is 0.318. The molecule has 1 aliphatic carbocycles. The number of amides is 1. The maximum Gasteiger partial charge on any atom is 0.258 e. The van der Waals surface area contributed by atoms with Crippen LogP contribution in [-0.4, -0.2) is 30.6 Å². The Hall–Kier alpha value is -2.95. The lowest BCUT2D eigenvalue weighted by atomic mass is 10.1. The maximum absolute atomic E-state index is 12.3. The van der Waals surface area contributed by atoms with E-state index in [4.69, 9.17) is 9.47 Å². The molecule has 1 amide bonds. The molecule has 2 N–H and O–H groups in total. The summed E-state index contributed by atoms with van der Waals surface area (Å²) in [6.45, 7) is 4.06. The number of rotatable bonds is 5. The van der Waals surface area contributed by atoms with Crippen LogP contribution >= 0.6 is 0 Å². The standard InChI is InChI=1S/C22H24N2O3/c1-13-4-7-21(14(2)8-13)27-12-22(25)23-15-9-17-18-11-16(26-3)5-6-19(18)24-20(17)10-15/h4-8,11,15,24H,9-10,12H2,1-3H3,(H,23,25). The third-order valence-corrected chi connectivity index (χ3v) is 5.16. The molecule has 2 aromatic carbocycles. The van der Waals surface area contributed by atoms with E-state index in [2.05, 4.69) is 22.4 Å². The van der Waals surface area contributed by atoms with Crippen molar-refractivity contribution in [1.82, 2.24) is 10.3 Å². The van der Waals surface area contributed by atoms with Gasteiger partial charge in [-0.3, -0.25) is 4.79 Å². The van der Waals surface area contributed by atoms with E-state index in [0.29, 0.717) is 0 Å². The average molecular weight is 364 g/mol. The molecular weight excluding hydrogens is 340 g/mol. The molecule has 5 heteroatoms. The Morgan fingerprint density at radius 1 is 1.19 bits per heavy atom. The summed E-state index contributed by atoms with van der Waals surface area (Å²) >= 11 is 0. The SMILES string of the molecule is COc1ccc2[nH]c3c(c2c1)CC(NC(=O)COc1ccc(C)cc1C)C3. The van der Waals surface area contributed by atoms with Crippen molar-refractivity contribution in [1.29, 1.82) is 0 Å². The molecule has 0 aliphatic heterocycles. The molecule has 0 fully saturated rings. The van der Waals surface area contributed by atoms with Crippen molar-refractivity contribution < 1.29 is 14.3 Å². The summed E-state index contributed by atoms with van der Waals surface area (Å²) in [5, 5.41) is 4.26. The fourth-order valence-electron chi connectivity index (χ4n) is 3.86. The molecule has 27 heavy (non-hydrogen) atoms. The van der Waals surface area contributed by atoms with Gasteiger partial charge in [0.05, 0.1) is 7.11 Å². The number of aromatic nitrogens is 1. The van der Waals surface area contributed by atoms with Crippen LogP contribution in [0.2, 0.25) is 0 Å². The van der Waals surface area contributed by atoms with Gasteiger partial charge in [0.2, 0.25) is 0 Å². The minimum Gasteiger partial charge on any atom is -0.497 e. The summed E-state index contributed by atoms with van der Waals surface area (Å²) in [6, 6.07) is 12.1. The van der Waals surface area contributed by atoms with Gasteiger partial charge in [0.1, 0.15) is 11.5 Å². The van der Waals surface area contributed by atoms with Crippen LogP contribution in [0.5, 0.6) is 11.5 Å². The van der Waals surface area contributed by atoms with E-state index in [-0.39, 0.29) is 18.6 Å². The van der Waals surface area contributed by atoms with E-state index in [0.717, 1.165) is 35.4 Å². The first kappa shape index (κ1) is 17.5. The first-order valence-electron chi connectivity index (χ1n) is 9.20. The van der Waals surface area contributed by atoms with Crippen LogP contribution in [0.4, 0.5) is 0 Å².